The molecule has 1 aromatic heterocycles. The number of carbonyl (C=O) groups is 1. The molecule has 0 unspecified atom stereocenters. The van der Waals surface area contributed by atoms with Crippen molar-refractivity contribution >= 4 is 33.9 Å². The lowest BCUT2D eigenvalue weighted by molar-refractivity contribution is -0.129. The molecule has 20 heavy (non-hydrogen) atoms. The smallest absolute Gasteiger partial charge is 0.363 e. The van der Waals surface area contributed by atoms with Crippen molar-refractivity contribution in [3.63, 3.8) is 0 Å². The van der Waals surface area contributed by atoms with Gasteiger partial charge in [0.2, 0.25) is 5.90 Å². The second kappa shape index (κ2) is 5.38. The van der Waals surface area contributed by atoms with Gasteiger partial charge in [-0.3, -0.25) is 4.98 Å². The minimum atomic E-state index is -0.452. The molecular weight excluding hydrogens is 320 g/mol. The summed E-state index contributed by atoms with van der Waals surface area (Å²) in [6.45, 7) is 0. The summed E-state index contributed by atoms with van der Waals surface area (Å²) < 4.78 is 6.13. The fraction of sp³-hybridized carbons (Fsp3) is 0. The number of carbonyl (C=O) groups excluding carboxylic acids is 1. The summed E-state index contributed by atoms with van der Waals surface area (Å²) in [5.41, 5.74) is 1.84. The van der Waals surface area contributed by atoms with Crippen LogP contribution in [-0.2, 0) is 9.53 Å². The van der Waals surface area contributed by atoms with Gasteiger partial charge >= 0.3 is 5.97 Å². The lowest BCUT2D eigenvalue weighted by Gasteiger charge is -1.98. The SMILES string of the molecule is O=C1OC(c2ccc(Br)cc2)=NC1=Cc1cccnc1. The molecule has 0 saturated heterocycles. The Bertz CT molecular complexity index is 706. The number of pyridine rings is 1. The van der Waals surface area contributed by atoms with Crippen molar-refractivity contribution in [3.8, 4) is 0 Å². The summed E-state index contributed by atoms with van der Waals surface area (Å²) in [7, 11) is 0. The Labute approximate surface area is 124 Å². The number of ether oxygens (including phenoxy) is 1. The van der Waals surface area contributed by atoms with Crippen LogP contribution in [0, 0.1) is 0 Å². The van der Waals surface area contributed by atoms with E-state index in [0.29, 0.717) is 5.90 Å². The number of esters is 1. The van der Waals surface area contributed by atoms with E-state index in [1.165, 1.54) is 0 Å². The first-order valence-electron chi connectivity index (χ1n) is 5.91. The molecule has 0 radical (unpaired) electrons. The van der Waals surface area contributed by atoms with Gasteiger partial charge in [0.05, 0.1) is 0 Å². The summed E-state index contributed by atoms with van der Waals surface area (Å²) in [6, 6.07) is 11.1. The molecule has 1 aliphatic heterocycles. The molecule has 0 aliphatic carbocycles. The van der Waals surface area contributed by atoms with E-state index >= 15 is 0 Å². The number of rotatable bonds is 2. The third kappa shape index (κ3) is 2.67. The Kier molecular flexibility index (Phi) is 3.43. The van der Waals surface area contributed by atoms with Gasteiger partial charge in [-0.1, -0.05) is 22.0 Å². The van der Waals surface area contributed by atoms with Gasteiger partial charge < -0.3 is 4.74 Å². The molecule has 2 heterocycles. The van der Waals surface area contributed by atoms with Crippen molar-refractivity contribution in [1.82, 2.24) is 4.98 Å². The zero-order chi connectivity index (χ0) is 13.9. The fourth-order valence-electron chi connectivity index (χ4n) is 1.74. The van der Waals surface area contributed by atoms with Crippen LogP contribution in [-0.4, -0.2) is 16.9 Å². The Morgan fingerprint density at radius 2 is 1.95 bits per heavy atom. The number of aromatic nitrogens is 1. The van der Waals surface area contributed by atoms with Gasteiger partial charge in [0, 0.05) is 22.4 Å². The van der Waals surface area contributed by atoms with Crippen molar-refractivity contribution < 1.29 is 9.53 Å². The minimum absolute atomic E-state index is 0.274. The number of hydrogen-bond acceptors (Lipinski definition) is 4. The Morgan fingerprint density at radius 1 is 1.15 bits per heavy atom. The molecule has 0 atom stereocenters. The van der Waals surface area contributed by atoms with Crippen LogP contribution in [0.5, 0.6) is 0 Å². The number of hydrogen-bond donors (Lipinski definition) is 0. The van der Waals surface area contributed by atoms with Gasteiger partial charge in [0.1, 0.15) is 0 Å². The number of halogens is 1. The highest BCUT2D eigenvalue weighted by molar-refractivity contribution is 9.10. The molecule has 4 nitrogen and oxygen atoms in total. The first-order chi connectivity index (χ1) is 9.72. The first kappa shape index (κ1) is 12.7. The summed E-state index contributed by atoms with van der Waals surface area (Å²) in [4.78, 5) is 20.0. The largest absolute Gasteiger partial charge is 0.402 e. The maximum atomic E-state index is 11.8. The van der Waals surface area contributed by atoms with Crippen LogP contribution < -0.4 is 0 Å². The summed E-state index contributed by atoms with van der Waals surface area (Å²) in [5, 5.41) is 0. The maximum absolute atomic E-state index is 11.8. The van der Waals surface area contributed by atoms with Crippen LogP contribution in [0.3, 0.4) is 0 Å². The van der Waals surface area contributed by atoms with Crippen LogP contribution in [0.1, 0.15) is 11.1 Å². The Balaban J connectivity index is 1.93. The number of aliphatic imine (C=N–C) groups is 1. The highest BCUT2D eigenvalue weighted by Gasteiger charge is 2.23. The molecule has 1 aromatic carbocycles. The van der Waals surface area contributed by atoms with Crippen LogP contribution in [0.4, 0.5) is 0 Å². The van der Waals surface area contributed by atoms with Crippen molar-refractivity contribution in [2.75, 3.05) is 0 Å². The predicted molar refractivity (Wildman–Crippen MR) is 79.0 cm³/mol. The van der Waals surface area contributed by atoms with Gasteiger partial charge in [-0.15, -0.1) is 0 Å². The van der Waals surface area contributed by atoms with E-state index in [-0.39, 0.29) is 5.70 Å². The van der Waals surface area contributed by atoms with Gasteiger partial charge in [0.15, 0.2) is 5.70 Å². The van der Waals surface area contributed by atoms with Crippen molar-refractivity contribution in [1.29, 1.82) is 0 Å². The molecule has 2 aromatic rings. The lowest BCUT2D eigenvalue weighted by atomic mass is 10.2. The third-order valence-corrected chi connectivity index (χ3v) is 3.23. The van der Waals surface area contributed by atoms with Gasteiger partial charge in [-0.25, -0.2) is 9.79 Å². The molecule has 0 fully saturated rings. The normalized spacial score (nSPS) is 16.1. The Morgan fingerprint density at radius 3 is 2.65 bits per heavy atom. The summed E-state index contributed by atoms with van der Waals surface area (Å²) >= 11 is 3.36. The molecule has 3 rings (SSSR count). The van der Waals surface area contributed by atoms with E-state index in [2.05, 4.69) is 25.9 Å². The molecule has 0 N–H and O–H groups in total. The summed E-state index contributed by atoms with van der Waals surface area (Å²) in [5.74, 6) is -0.135. The minimum Gasteiger partial charge on any atom is -0.402 e. The van der Waals surface area contributed by atoms with Crippen molar-refractivity contribution in [2.45, 2.75) is 0 Å². The van der Waals surface area contributed by atoms with Crippen LogP contribution in [0.2, 0.25) is 0 Å². The van der Waals surface area contributed by atoms with Gasteiger partial charge in [-0.05, 0) is 42.0 Å². The molecule has 1 aliphatic rings. The van der Waals surface area contributed by atoms with Gasteiger partial charge in [0.25, 0.3) is 0 Å². The van der Waals surface area contributed by atoms with E-state index in [1.807, 2.05) is 30.3 Å². The highest BCUT2D eigenvalue weighted by atomic mass is 79.9. The average Bonchev–Trinajstić information content (AvgIpc) is 2.82. The second-order valence-electron chi connectivity index (χ2n) is 4.13. The first-order valence-corrected chi connectivity index (χ1v) is 6.70. The average molecular weight is 329 g/mol. The molecule has 0 amide bonds. The Hall–Kier alpha value is -2.27. The molecule has 0 spiro atoms. The predicted octanol–water partition coefficient (Wildman–Crippen LogP) is 3.19. The molecule has 98 valence electrons. The lowest BCUT2D eigenvalue weighted by Crippen LogP contribution is -2.05. The monoisotopic (exact) mass is 328 g/mol. The molecule has 0 saturated carbocycles. The molecule has 0 bridgehead atoms. The van der Waals surface area contributed by atoms with Crippen LogP contribution in [0.25, 0.3) is 6.08 Å². The fourth-order valence-corrected chi connectivity index (χ4v) is 2.01. The van der Waals surface area contributed by atoms with E-state index in [9.17, 15) is 4.79 Å². The van der Waals surface area contributed by atoms with Crippen LogP contribution in [0.15, 0.2) is 64.0 Å². The van der Waals surface area contributed by atoms with E-state index in [1.54, 1.807) is 24.5 Å². The van der Waals surface area contributed by atoms with E-state index < -0.39 is 5.97 Å². The zero-order valence-electron chi connectivity index (χ0n) is 10.3. The molecular formula is C15H9BrN2O2. The maximum Gasteiger partial charge on any atom is 0.363 e. The van der Waals surface area contributed by atoms with E-state index in [4.69, 9.17) is 4.74 Å². The topological polar surface area (TPSA) is 51.5 Å². The number of benzene rings is 1. The van der Waals surface area contributed by atoms with Crippen LogP contribution >= 0.6 is 15.9 Å². The second-order valence-corrected chi connectivity index (χ2v) is 5.04. The van der Waals surface area contributed by atoms with Crippen molar-refractivity contribution in [3.05, 3.63) is 70.1 Å². The summed E-state index contributed by atoms with van der Waals surface area (Å²) in [6.07, 6.45) is 4.99. The zero-order valence-corrected chi connectivity index (χ0v) is 11.9. The highest BCUT2D eigenvalue weighted by Crippen LogP contribution is 2.20. The number of nitrogens with zero attached hydrogens (tertiary/aromatic N) is 2. The van der Waals surface area contributed by atoms with Gasteiger partial charge in [-0.2, -0.15) is 0 Å². The molecule has 5 heteroatoms. The third-order valence-electron chi connectivity index (χ3n) is 2.70. The van der Waals surface area contributed by atoms with Crippen molar-refractivity contribution in [2.24, 2.45) is 4.99 Å². The standard InChI is InChI=1S/C15H9BrN2O2/c16-12-5-3-11(4-6-12)14-18-13(15(19)20-14)8-10-2-1-7-17-9-10/h1-9H. The quantitative estimate of drug-likeness (QED) is 0.628. The number of cyclic esters (lactones) is 1. The van der Waals surface area contributed by atoms with E-state index in [0.717, 1.165) is 15.6 Å².